The average molecular weight is 164 g/mol. The van der Waals surface area contributed by atoms with E-state index >= 15 is 0 Å². The number of hydrogen-bond acceptors (Lipinski definition) is 1. The number of rotatable bonds is 3. The van der Waals surface area contributed by atoms with Gasteiger partial charge in [-0.1, -0.05) is 42.7 Å². The third kappa shape index (κ3) is 2.28. The van der Waals surface area contributed by atoms with Gasteiger partial charge in [0.15, 0.2) is 5.52 Å². The first kappa shape index (κ1) is 8.16. The van der Waals surface area contributed by atoms with Crippen LogP contribution < -0.4 is 0 Å². The third-order valence-electron chi connectivity index (χ3n) is 1.27. The van der Waals surface area contributed by atoms with Gasteiger partial charge in [-0.25, -0.2) is 0 Å². The summed E-state index contributed by atoms with van der Waals surface area (Å²) in [7, 11) is 0.191. The molecular weight excluding hydrogens is 155 g/mol. The zero-order valence-corrected chi connectivity index (χ0v) is 7.08. The molecule has 2 heteroatoms. The van der Waals surface area contributed by atoms with Crippen LogP contribution in [0.4, 0.5) is 0 Å². The lowest BCUT2D eigenvalue weighted by atomic mass is 10.2. The minimum absolute atomic E-state index is 0.153. The molecule has 1 unspecified atom stereocenters. The lowest BCUT2D eigenvalue weighted by Crippen LogP contribution is -1.87. The number of hydrogen-bond donors (Lipinski definition) is 0. The fourth-order valence-corrected chi connectivity index (χ4v) is 1.28. The van der Waals surface area contributed by atoms with Crippen LogP contribution in [0, 0.1) is 0 Å². The van der Waals surface area contributed by atoms with Gasteiger partial charge in [-0.15, -0.1) is 0 Å². The molecule has 1 rings (SSSR count). The molecular formula is C9H9OP. The predicted octanol–water partition coefficient (Wildman–Crippen LogP) is 2.65. The van der Waals surface area contributed by atoms with Gasteiger partial charge in [0.05, 0.1) is 0 Å². The van der Waals surface area contributed by atoms with Crippen molar-refractivity contribution in [3.63, 3.8) is 0 Å². The minimum Gasteiger partial charge on any atom is -0.289 e. The van der Waals surface area contributed by atoms with Gasteiger partial charge >= 0.3 is 0 Å². The molecule has 0 amide bonds. The van der Waals surface area contributed by atoms with Crippen LogP contribution in [0.25, 0.3) is 0 Å². The Kier molecular flexibility index (Phi) is 3.00. The summed E-state index contributed by atoms with van der Waals surface area (Å²) in [5.74, 6) is 1.65. The zero-order valence-electron chi connectivity index (χ0n) is 6.08. The van der Waals surface area contributed by atoms with Crippen LogP contribution in [0.15, 0.2) is 42.7 Å². The predicted molar refractivity (Wildman–Crippen MR) is 49.3 cm³/mol. The summed E-state index contributed by atoms with van der Waals surface area (Å²) in [6.45, 7) is 3.52. The van der Waals surface area contributed by atoms with Crippen molar-refractivity contribution in [1.29, 1.82) is 0 Å². The molecule has 0 N–H and O–H groups in total. The Hall–Kier alpha value is -0.940. The van der Waals surface area contributed by atoms with Crippen LogP contribution in [0.2, 0.25) is 0 Å². The Balaban J connectivity index is 2.77. The molecule has 0 heterocycles. The van der Waals surface area contributed by atoms with Gasteiger partial charge in [-0.2, -0.15) is 0 Å². The van der Waals surface area contributed by atoms with Gasteiger partial charge in [0.2, 0.25) is 0 Å². The Labute approximate surface area is 67.9 Å². The summed E-state index contributed by atoms with van der Waals surface area (Å²) < 4.78 is 0. The van der Waals surface area contributed by atoms with Crippen molar-refractivity contribution in [1.82, 2.24) is 0 Å². The van der Waals surface area contributed by atoms with Crippen LogP contribution in [0.3, 0.4) is 0 Å². The Morgan fingerprint density at radius 1 is 1.36 bits per heavy atom. The second-order valence-electron chi connectivity index (χ2n) is 2.04. The SMILES string of the molecule is C=CPC(=O)c1ccccc1. The molecule has 0 radical (unpaired) electrons. The molecule has 0 bridgehead atoms. The molecule has 1 nitrogen and oxygen atoms in total. The standard InChI is InChI=1S/C9H9OP/c1-2-11-9(10)8-6-4-3-5-7-8/h2-7,11H,1H2. The summed E-state index contributed by atoms with van der Waals surface area (Å²) in [6, 6.07) is 9.26. The van der Waals surface area contributed by atoms with Gasteiger partial charge in [0, 0.05) is 5.56 Å². The second-order valence-corrected chi connectivity index (χ2v) is 3.19. The molecule has 11 heavy (non-hydrogen) atoms. The van der Waals surface area contributed by atoms with Crippen molar-refractivity contribution in [3.05, 3.63) is 48.3 Å². The first-order chi connectivity index (χ1) is 5.34. The Morgan fingerprint density at radius 3 is 2.55 bits per heavy atom. The van der Waals surface area contributed by atoms with Crippen LogP contribution >= 0.6 is 8.58 Å². The first-order valence-electron chi connectivity index (χ1n) is 3.31. The van der Waals surface area contributed by atoms with E-state index in [9.17, 15) is 4.79 Å². The fourth-order valence-electron chi connectivity index (χ4n) is 0.766. The van der Waals surface area contributed by atoms with Gasteiger partial charge in [-0.05, 0) is 8.58 Å². The number of carbonyl (C=O) groups excluding carboxylic acids is 1. The maximum Gasteiger partial charge on any atom is 0.184 e. The minimum atomic E-state index is 0.153. The first-order valence-corrected chi connectivity index (χ1v) is 4.39. The van der Waals surface area contributed by atoms with Crippen molar-refractivity contribution < 1.29 is 4.79 Å². The van der Waals surface area contributed by atoms with Gasteiger partial charge in [0.25, 0.3) is 0 Å². The second kappa shape index (κ2) is 4.05. The highest BCUT2D eigenvalue weighted by Crippen LogP contribution is 2.18. The molecule has 1 aromatic rings. The summed E-state index contributed by atoms with van der Waals surface area (Å²) in [4.78, 5) is 11.2. The Morgan fingerprint density at radius 2 is 2.00 bits per heavy atom. The summed E-state index contributed by atoms with van der Waals surface area (Å²) in [5, 5.41) is 0. The van der Waals surface area contributed by atoms with E-state index in [1.54, 1.807) is 5.82 Å². The lowest BCUT2D eigenvalue weighted by Gasteiger charge is -1.94. The van der Waals surface area contributed by atoms with E-state index in [0.717, 1.165) is 5.56 Å². The average Bonchev–Trinajstić information content (AvgIpc) is 2.07. The molecule has 0 spiro atoms. The molecule has 0 aromatic heterocycles. The molecule has 0 aliphatic heterocycles. The summed E-state index contributed by atoms with van der Waals surface area (Å²) in [5.41, 5.74) is 0.923. The summed E-state index contributed by atoms with van der Waals surface area (Å²) in [6.07, 6.45) is 0. The monoisotopic (exact) mass is 164 g/mol. The number of carbonyl (C=O) groups is 1. The molecule has 0 aliphatic carbocycles. The fraction of sp³-hybridized carbons (Fsp3) is 0. The van der Waals surface area contributed by atoms with Crippen molar-refractivity contribution in [2.75, 3.05) is 0 Å². The highest BCUT2D eigenvalue weighted by molar-refractivity contribution is 7.61. The van der Waals surface area contributed by atoms with E-state index in [4.69, 9.17) is 0 Å². The highest BCUT2D eigenvalue weighted by Gasteiger charge is 1.99. The quantitative estimate of drug-likeness (QED) is 0.627. The van der Waals surface area contributed by atoms with E-state index in [2.05, 4.69) is 6.58 Å². The van der Waals surface area contributed by atoms with Crippen LogP contribution in [-0.2, 0) is 0 Å². The maximum absolute atomic E-state index is 11.2. The van der Waals surface area contributed by atoms with Gasteiger partial charge in [-0.3, -0.25) is 4.79 Å². The highest BCUT2D eigenvalue weighted by atomic mass is 31.1. The topological polar surface area (TPSA) is 17.1 Å². The van der Waals surface area contributed by atoms with Crippen molar-refractivity contribution >= 4 is 14.1 Å². The van der Waals surface area contributed by atoms with Gasteiger partial charge in [0.1, 0.15) is 0 Å². The van der Waals surface area contributed by atoms with Gasteiger partial charge < -0.3 is 0 Å². The molecule has 0 saturated carbocycles. The molecule has 1 aromatic carbocycles. The van der Waals surface area contributed by atoms with Crippen molar-refractivity contribution in [2.24, 2.45) is 0 Å². The maximum atomic E-state index is 11.2. The summed E-state index contributed by atoms with van der Waals surface area (Å²) >= 11 is 0. The smallest absolute Gasteiger partial charge is 0.184 e. The van der Waals surface area contributed by atoms with Crippen LogP contribution in [0.1, 0.15) is 10.4 Å². The van der Waals surface area contributed by atoms with Crippen LogP contribution in [0.5, 0.6) is 0 Å². The van der Waals surface area contributed by atoms with E-state index in [1.807, 2.05) is 30.3 Å². The van der Waals surface area contributed by atoms with E-state index in [0.29, 0.717) is 0 Å². The molecule has 0 aliphatic rings. The Bertz CT molecular complexity index is 254. The normalized spacial score (nSPS) is 10.2. The molecule has 0 fully saturated rings. The van der Waals surface area contributed by atoms with Crippen molar-refractivity contribution in [3.8, 4) is 0 Å². The number of benzene rings is 1. The van der Waals surface area contributed by atoms with Crippen molar-refractivity contribution in [2.45, 2.75) is 0 Å². The molecule has 1 atom stereocenters. The third-order valence-corrected chi connectivity index (χ3v) is 2.02. The van der Waals surface area contributed by atoms with E-state index in [1.165, 1.54) is 0 Å². The lowest BCUT2D eigenvalue weighted by molar-refractivity contribution is 0.108. The van der Waals surface area contributed by atoms with Crippen LogP contribution in [-0.4, -0.2) is 5.52 Å². The van der Waals surface area contributed by atoms with E-state index in [-0.39, 0.29) is 14.1 Å². The zero-order chi connectivity index (χ0) is 8.10. The molecule has 56 valence electrons. The largest absolute Gasteiger partial charge is 0.289 e. The molecule has 0 saturated heterocycles. The van der Waals surface area contributed by atoms with E-state index < -0.39 is 0 Å².